The Hall–Kier alpha value is -1.85. The van der Waals surface area contributed by atoms with Crippen molar-refractivity contribution in [2.75, 3.05) is 32.7 Å². The molecule has 0 atom stereocenters. The van der Waals surface area contributed by atoms with Gasteiger partial charge in [0.1, 0.15) is 0 Å². The monoisotopic (exact) mass is 329 g/mol. The lowest BCUT2D eigenvalue weighted by molar-refractivity contribution is 0.0696. The second kappa shape index (κ2) is 7.36. The third kappa shape index (κ3) is 3.47. The largest absolute Gasteiger partial charge is 0.478 e. The summed E-state index contributed by atoms with van der Waals surface area (Å²) in [5.41, 5.74) is 3.67. The molecular formula is C19H27N3O2. The molecule has 130 valence electrons. The number of piperazine rings is 1. The first-order chi connectivity index (χ1) is 11.6. The van der Waals surface area contributed by atoms with Gasteiger partial charge in [0, 0.05) is 56.4 Å². The molecule has 0 bridgehead atoms. The van der Waals surface area contributed by atoms with E-state index >= 15 is 0 Å². The number of aromatic carboxylic acids is 1. The molecule has 1 aromatic carbocycles. The molecule has 0 aliphatic carbocycles. The first kappa shape index (κ1) is 17.0. The first-order valence-electron chi connectivity index (χ1n) is 8.89. The highest BCUT2D eigenvalue weighted by atomic mass is 16.4. The molecule has 2 N–H and O–H groups in total. The number of carboxylic acid groups (broad SMARTS) is 1. The fourth-order valence-corrected chi connectivity index (χ4v) is 3.58. The Labute approximate surface area is 143 Å². The second-order valence-corrected chi connectivity index (χ2v) is 6.68. The number of carbonyl (C=O) groups is 1. The Morgan fingerprint density at radius 3 is 2.67 bits per heavy atom. The highest BCUT2D eigenvalue weighted by Crippen LogP contribution is 2.26. The third-order valence-electron chi connectivity index (χ3n) is 4.91. The summed E-state index contributed by atoms with van der Waals surface area (Å²) in [6, 6.07) is 3.90. The van der Waals surface area contributed by atoms with Crippen LogP contribution in [-0.2, 0) is 13.0 Å². The Balaban J connectivity index is 1.92. The van der Waals surface area contributed by atoms with Gasteiger partial charge in [0.15, 0.2) is 0 Å². The number of fused-ring (bicyclic) bond motifs is 1. The minimum Gasteiger partial charge on any atom is -0.478 e. The van der Waals surface area contributed by atoms with Crippen LogP contribution in [-0.4, -0.2) is 53.3 Å². The van der Waals surface area contributed by atoms with Gasteiger partial charge in [0.2, 0.25) is 0 Å². The highest BCUT2D eigenvalue weighted by Gasteiger charge is 2.16. The lowest BCUT2D eigenvalue weighted by Gasteiger charge is -2.26. The van der Waals surface area contributed by atoms with Gasteiger partial charge in [-0.3, -0.25) is 0 Å². The van der Waals surface area contributed by atoms with Crippen LogP contribution < -0.4 is 5.32 Å². The van der Waals surface area contributed by atoms with Crippen LogP contribution in [0.1, 0.15) is 34.8 Å². The third-order valence-corrected chi connectivity index (χ3v) is 4.91. The number of aryl methyl sites for hydroxylation is 2. The topological polar surface area (TPSA) is 57.5 Å². The van der Waals surface area contributed by atoms with Crippen LogP contribution in [0.2, 0.25) is 0 Å². The number of nitrogens with one attached hydrogen (secondary N) is 1. The summed E-state index contributed by atoms with van der Waals surface area (Å²) in [4.78, 5) is 14.0. The maximum absolute atomic E-state index is 11.5. The number of carboxylic acids is 1. The van der Waals surface area contributed by atoms with Crippen LogP contribution in [0.3, 0.4) is 0 Å². The second-order valence-electron chi connectivity index (χ2n) is 6.68. The summed E-state index contributed by atoms with van der Waals surface area (Å²) >= 11 is 0. The van der Waals surface area contributed by atoms with Crippen LogP contribution in [0.5, 0.6) is 0 Å². The standard InChI is InChI=1S/C19H27N3O2/c1-3-7-22-13-15(4-8-21-9-5-20-6-10-21)17-12-16(19(23)24)14(2)11-18(17)22/h11-13,20H,3-10H2,1-2H3,(H,23,24). The van der Waals surface area contributed by atoms with Gasteiger partial charge in [-0.05, 0) is 43.0 Å². The number of benzene rings is 1. The first-order valence-corrected chi connectivity index (χ1v) is 8.89. The molecular weight excluding hydrogens is 302 g/mol. The van der Waals surface area contributed by atoms with Crippen molar-refractivity contribution in [3.8, 4) is 0 Å². The summed E-state index contributed by atoms with van der Waals surface area (Å²) < 4.78 is 2.28. The Morgan fingerprint density at radius 2 is 2.00 bits per heavy atom. The van der Waals surface area contributed by atoms with E-state index in [0.717, 1.165) is 68.6 Å². The minimum absolute atomic E-state index is 0.417. The highest BCUT2D eigenvalue weighted by molar-refractivity contribution is 5.96. The molecule has 0 saturated carbocycles. The van der Waals surface area contributed by atoms with Crippen LogP contribution in [0.4, 0.5) is 0 Å². The zero-order valence-corrected chi connectivity index (χ0v) is 14.6. The van der Waals surface area contributed by atoms with Gasteiger partial charge in [-0.25, -0.2) is 4.79 Å². The van der Waals surface area contributed by atoms with E-state index in [0.29, 0.717) is 5.56 Å². The molecule has 0 radical (unpaired) electrons. The predicted molar refractivity (Wildman–Crippen MR) is 96.9 cm³/mol. The van der Waals surface area contributed by atoms with Crippen molar-refractivity contribution in [3.05, 3.63) is 35.0 Å². The molecule has 5 nitrogen and oxygen atoms in total. The lowest BCUT2D eigenvalue weighted by Crippen LogP contribution is -2.44. The summed E-state index contributed by atoms with van der Waals surface area (Å²) in [6.45, 7) is 10.3. The van der Waals surface area contributed by atoms with Crippen LogP contribution in [0.15, 0.2) is 18.3 Å². The van der Waals surface area contributed by atoms with Crippen molar-refractivity contribution in [3.63, 3.8) is 0 Å². The molecule has 5 heteroatoms. The molecule has 1 aromatic heterocycles. The zero-order valence-electron chi connectivity index (χ0n) is 14.6. The Bertz CT molecular complexity index is 730. The molecule has 2 heterocycles. The van der Waals surface area contributed by atoms with Crippen molar-refractivity contribution in [2.24, 2.45) is 0 Å². The van der Waals surface area contributed by atoms with Gasteiger partial charge in [0.05, 0.1) is 5.56 Å². The Morgan fingerprint density at radius 1 is 1.25 bits per heavy atom. The summed E-state index contributed by atoms with van der Waals surface area (Å²) in [5.74, 6) is -0.842. The molecule has 0 amide bonds. The van der Waals surface area contributed by atoms with E-state index in [4.69, 9.17) is 0 Å². The van der Waals surface area contributed by atoms with E-state index in [2.05, 4.69) is 27.9 Å². The van der Waals surface area contributed by atoms with Gasteiger partial charge in [-0.2, -0.15) is 0 Å². The van der Waals surface area contributed by atoms with Crippen molar-refractivity contribution in [2.45, 2.75) is 33.2 Å². The van der Waals surface area contributed by atoms with Gasteiger partial charge < -0.3 is 19.9 Å². The van der Waals surface area contributed by atoms with E-state index in [1.165, 1.54) is 5.56 Å². The van der Waals surface area contributed by atoms with Gasteiger partial charge in [-0.15, -0.1) is 0 Å². The van der Waals surface area contributed by atoms with Crippen molar-refractivity contribution < 1.29 is 9.90 Å². The van der Waals surface area contributed by atoms with Crippen LogP contribution in [0, 0.1) is 6.92 Å². The van der Waals surface area contributed by atoms with Crippen LogP contribution in [0.25, 0.3) is 10.9 Å². The quantitative estimate of drug-likeness (QED) is 0.855. The van der Waals surface area contributed by atoms with Gasteiger partial charge in [-0.1, -0.05) is 6.92 Å². The number of hydrogen-bond donors (Lipinski definition) is 2. The van der Waals surface area contributed by atoms with Crippen molar-refractivity contribution in [1.29, 1.82) is 0 Å². The lowest BCUT2D eigenvalue weighted by atomic mass is 10.0. The van der Waals surface area contributed by atoms with E-state index in [-0.39, 0.29) is 0 Å². The molecule has 1 aliphatic rings. The SMILES string of the molecule is CCCn1cc(CCN2CCNCC2)c2cc(C(=O)O)c(C)cc21. The van der Waals surface area contributed by atoms with E-state index in [1.54, 1.807) is 0 Å². The molecule has 3 rings (SSSR count). The van der Waals surface area contributed by atoms with E-state index in [9.17, 15) is 9.90 Å². The predicted octanol–water partition coefficient (Wildman–Crippen LogP) is 2.51. The molecule has 1 saturated heterocycles. The molecule has 2 aromatic rings. The number of nitrogens with zero attached hydrogens (tertiary/aromatic N) is 2. The maximum Gasteiger partial charge on any atom is 0.335 e. The number of rotatable bonds is 6. The molecule has 0 unspecified atom stereocenters. The maximum atomic E-state index is 11.5. The Kier molecular flexibility index (Phi) is 5.21. The number of aromatic nitrogens is 1. The summed E-state index contributed by atoms with van der Waals surface area (Å²) in [6.07, 6.45) is 4.26. The van der Waals surface area contributed by atoms with E-state index < -0.39 is 5.97 Å². The smallest absolute Gasteiger partial charge is 0.335 e. The van der Waals surface area contributed by atoms with E-state index in [1.807, 2.05) is 19.1 Å². The van der Waals surface area contributed by atoms with Gasteiger partial charge >= 0.3 is 5.97 Å². The molecule has 1 fully saturated rings. The minimum atomic E-state index is -0.842. The fourth-order valence-electron chi connectivity index (χ4n) is 3.58. The fraction of sp³-hybridized carbons (Fsp3) is 0.526. The molecule has 1 aliphatic heterocycles. The van der Waals surface area contributed by atoms with Crippen LogP contribution >= 0.6 is 0 Å². The molecule has 0 spiro atoms. The average molecular weight is 329 g/mol. The normalized spacial score (nSPS) is 15.9. The molecule has 24 heavy (non-hydrogen) atoms. The zero-order chi connectivity index (χ0) is 17.1. The summed E-state index contributed by atoms with van der Waals surface area (Å²) in [7, 11) is 0. The van der Waals surface area contributed by atoms with Crippen molar-refractivity contribution >= 4 is 16.9 Å². The average Bonchev–Trinajstić information content (AvgIpc) is 2.90. The number of hydrogen-bond acceptors (Lipinski definition) is 3. The van der Waals surface area contributed by atoms with Crippen molar-refractivity contribution in [1.82, 2.24) is 14.8 Å². The summed E-state index contributed by atoms with van der Waals surface area (Å²) in [5, 5.41) is 13.9. The van der Waals surface area contributed by atoms with Gasteiger partial charge in [0.25, 0.3) is 0 Å².